The van der Waals surface area contributed by atoms with Gasteiger partial charge >= 0.3 is 5.97 Å². The van der Waals surface area contributed by atoms with E-state index in [1.54, 1.807) is 0 Å². The molecule has 1 heterocycles. The zero-order valence-electron chi connectivity index (χ0n) is 13.7. The second kappa shape index (κ2) is 6.24. The van der Waals surface area contributed by atoms with Crippen LogP contribution in [0.5, 0.6) is 0 Å². The molecule has 5 N–H and O–H groups in total. The summed E-state index contributed by atoms with van der Waals surface area (Å²) in [6, 6.07) is 1.65. The van der Waals surface area contributed by atoms with Crippen LogP contribution in [0.25, 0.3) is 0 Å². The minimum Gasteiger partial charge on any atom is -0.478 e. The van der Waals surface area contributed by atoms with Crippen molar-refractivity contribution in [2.45, 2.75) is 37.8 Å². The molecule has 3 rings (SSSR count). The van der Waals surface area contributed by atoms with Crippen LogP contribution in [0.15, 0.2) is 22.1 Å². The van der Waals surface area contributed by atoms with Crippen LogP contribution in [0.2, 0.25) is 0 Å². The largest absolute Gasteiger partial charge is 0.478 e. The fourth-order valence-electron chi connectivity index (χ4n) is 3.58. The lowest BCUT2D eigenvalue weighted by Gasteiger charge is -2.45. The third-order valence-electron chi connectivity index (χ3n) is 4.59. The van der Waals surface area contributed by atoms with Crippen LogP contribution in [0, 0.1) is 15.9 Å². The first-order valence-electron chi connectivity index (χ1n) is 7.97. The number of benzene rings is 1. The number of halogens is 1. The summed E-state index contributed by atoms with van der Waals surface area (Å²) < 4.78 is 14.3. The molecule has 1 spiro atoms. The van der Waals surface area contributed by atoms with E-state index in [1.165, 1.54) is 0 Å². The third kappa shape index (κ3) is 2.70. The second-order valence-electron chi connectivity index (χ2n) is 6.17. The summed E-state index contributed by atoms with van der Waals surface area (Å²) in [6.07, 6.45) is 3.23. The molecule has 0 unspecified atom stereocenters. The number of hydrogen-bond acceptors (Lipinski definition) is 8. The van der Waals surface area contributed by atoms with Crippen LogP contribution in [-0.4, -0.2) is 33.6 Å². The van der Waals surface area contributed by atoms with Crippen molar-refractivity contribution < 1.29 is 19.2 Å². The molecule has 1 aromatic carbocycles. The average Bonchev–Trinajstić information content (AvgIpc) is 2.54. The van der Waals surface area contributed by atoms with Gasteiger partial charge in [-0.25, -0.2) is 14.2 Å². The summed E-state index contributed by atoms with van der Waals surface area (Å²) in [5.41, 5.74) is 8.66. The summed E-state index contributed by atoms with van der Waals surface area (Å²) >= 11 is 0. The maximum atomic E-state index is 14.3. The fraction of sp³-hybridized carbons (Fsp3) is 0.400. The van der Waals surface area contributed by atoms with E-state index in [0.29, 0.717) is 12.8 Å². The summed E-state index contributed by atoms with van der Waals surface area (Å²) in [5, 5.41) is 21.0. The van der Waals surface area contributed by atoms with Crippen LogP contribution in [-0.2, 0) is 0 Å². The Hall–Kier alpha value is -3.24. The lowest BCUT2D eigenvalue weighted by molar-refractivity contribution is -0.384. The number of aromatic carboxylic acids is 1. The van der Waals surface area contributed by atoms with Gasteiger partial charge in [-0.05, 0) is 31.7 Å². The van der Waals surface area contributed by atoms with E-state index in [4.69, 9.17) is 11.5 Å². The molecule has 1 aromatic rings. The van der Waals surface area contributed by atoms with Gasteiger partial charge in [0, 0.05) is 6.07 Å². The van der Waals surface area contributed by atoms with Gasteiger partial charge in [0.25, 0.3) is 5.69 Å². The Morgan fingerprint density at radius 3 is 2.54 bits per heavy atom. The molecule has 1 aliphatic carbocycles. The minimum atomic E-state index is -1.65. The number of carboxylic acids is 1. The van der Waals surface area contributed by atoms with Gasteiger partial charge in [0.1, 0.15) is 22.7 Å². The Bertz CT molecular complexity index is 847. The van der Waals surface area contributed by atoms with Crippen molar-refractivity contribution >= 4 is 29.3 Å². The van der Waals surface area contributed by atoms with Gasteiger partial charge < -0.3 is 16.6 Å². The number of carboxylic acid groups (broad SMARTS) is 1. The standard InChI is InChI=1S/C15H17FN6O4/c16-8-4-5-9(22(25)26)11(10(8)12(23)24)21-14(18)19-13(17)20-15(21)6-2-1-3-7-15/h4-5H,1-3,6-7H2,(H,23,24)(H4,17,18,19,20). The molecule has 26 heavy (non-hydrogen) atoms. The molecule has 1 saturated carbocycles. The lowest BCUT2D eigenvalue weighted by atomic mass is 9.86. The second-order valence-corrected chi connectivity index (χ2v) is 6.17. The topological polar surface area (TPSA) is 160 Å². The number of guanidine groups is 2. The molecule has 138 valence electrons. The zero-order valence-corrected chi connectivity index (χ0v) is 13.7. The predicted octanol–water partition coefficient (Wildman–Crippen LogP) is 1.54. The third-order valence-corrected chi connectivity index (χ3v) is 4.59. The van der Waals surface area contributed by atoms with Crippen molar-refractivity contribution in [3.8, 4) is 0 Å². The molecule has 1 aliphatic heterocycles. The van der Waals surface area contributed by atoms with Gasteiger partial charge in [-0.1, -0.05) is 6.42 Å². The summed E-state index contributed by atoms with van der Waals surface area (Å²) in [4.78, 5) is 31.7. The predicted molar refractivity (Wildman–Crippen MR) is 91.6 cm³/mol. The highest BCUT2D eigenvalue weighted by molar-refractivity contribution is 6.10. The van der Waals surface area contributed by atoms with E-state index < -0.39 is 39.3 Å². The van der Waals surface area contributed by atoms with Gasteiger partial charge in [-0.15, -0.1) is 0 Å². The Balaban J connectivity index is 2.33. The van der Waals surface area contributed by atoms with Gasteiger partial charge in [0.05, 0.1) is 4.92 Å². The number of anilines is 1. The molecule has 10 nitrogen and oxygen atoms in total. The first-order chi connectivity index (χ1) is 12.3. The summed E-state index contributed by atoms with van der Waals surface area (Å²) in [5.74, 6) is -3.12. The Labute approximate surface area is 147 Å². The highest BCUT2D eigenvalue weighted by Crippen LogP contribution is 2.44. The normalized spacial score (nSPS) is 19.0. The van der Waals surface area contributed by atoms with E-state index in [9.17, 15) is 24.4 Å². The number of nitro groups is 1. The molecule has 0 atom stereocenters. The smallest absolute Gasteiger partial charge is 0.341 e. The van der Waals surface area contributed by atoms with Crippen LogP contribution < -0.4 is 16.4 Å². The van der Waals surface area contributed by atoms with Gasteiger partial charge in [0.15, 0.2) is 0 Å². The quantitative estimate of drug-likeness (QED) is 0.541. The molecular weight excluding hydrogens is 347 g/mol. The monoisotopic (exact) mass is 364 g/mol. The van der Waals surface area contributed by atoms with Crippen molar-refractivity contribution in [3.05, 3.63) is 33.6 Å². The minimum absolute atomic E-state index is 0.100. The van der Waals surface area contributed by atoms with Gasteiger partial charge in [-0.3, -0.25) is 15.0 Å². The number of rotatable bonds is 3. The van der Waals surface area contributed by atoms with Crippen molar-refractivity contribution in [2.24, 2.45) is 21.5 Å². The number of nitrogens with two attached hydrogens (primary N) is 2. The first-order valence-corrected chi connectivity index (χ1v) is 7.97. The molecule has 2 aliphatic rings. The van der Waals surface area contributed by atoms with E-state index in [-0.39, 0.29) is 11.9 Å². The van der Waals surface area contributed by atoms with E-state index in [1.807, 2.05) is 0 Å². The van der Waals surface area contributed by atoms with Crippen LogP contribution in [0.1, 0.15) is 42.5 Å². The van der Waals surface area contributed by atoms with Crippen molar-refractivity contribution in [1.29, 1.82) is 0 Å². The highest BCUT2D eigenvalue weighted by atomic mass is 19.1. The molecule has 0 amide bonds. The van der Waals surface area contributed by atoms with Crippen molar-refractivity contribution in [1.82, 2.24) is 0 Å². The van der Waals surface area contributed by atoms with Gasteiger partial charge in [0.2, 0.25) is 11.9 Å². The van der Waals surface area contributed by atoms with Crippen molar-refractivity contribution in [3.63, 3.8) is 0 Å². The number of nitro benzene ring substituents is 1. The molecule has 0 radical (unpaired) electrons. The van der Waals surface area contributed by atoms with Crippen LogP contribution in [0.3, 0.4) is 0 Å². The van der Waals surface area contributed by atoms with Crippen LogP contribution >= 0.6 is 0 Å². The molecule has 1 fully saturated rings. The van der Waals surface area contributed by atoms with Crippen molar-refractivity contribution in [2.75, 3.05) is 4.90 Å². The lowest BCUT2D eigenvalue weighted by Crippen LogP contribution is -2.58. The fourth-order valence-corrected chi connectivity index (χ4v) is 3.58. The average molecular weight is 364 g/mol. The van der Waals surface area contributed by atoms with E-state index >= 15 is 0 Å². The number of aliphatic imine (C=N–C) groups is 2. The SMILES string of the molecule is NC1=NC2(CCCCC2)N(c2c([N+](=O)[O-])ccc(F)c2C(=O)O)C(N)=N1. The maximum Gasteiger partial charge on any atom is 0.341 e. The molecule has 0 bridgehead atoms. The number of carbonyl (C=O) groups is 1. The number of nitrogens with zero attached hydrogens (tertiary/aromatic N) is 4. The highest BCUT2D eigenvalue weighted by Gasteiger charge is 2.47. The summed E-state index contributed by atoms with van der Waals surface area (Å²) in [6.45, 7) is 0. The van der Waals surface area contributed by atoms with Gasteiger partial charge in [-0.2, -0.15) is 4.99 Å². The van der Waals surface area contributed by atoms with Crippen LogP contribution in [0.4, 0.5) is 15.8 Å². The molecule has 0 saturated heterocycles. The number of hydrogen-bond donors (Lipinski definition) is 3. The maximum absolute atomic E-state index is 14.3. The Morgan fingerprint density at radius 2 is 1.96 bits per heavy atom. The van der Waals surface area contributed by atoms with E-state index in [2.05, 4.69) is 9.98 Å². The Morgan fingerprint density at radius 1 is 1.31 bits per heavy atom. The first kappa shape index (κ1) is 17.6. The van der Waals surface area contributed by atoms with E-state index in [0.717, 1.165) is 36.3 Å². The molecular formula is C15H17FN6O4. The Kier molecular flexibility index (Phi) is 4.22. The summed E-state index contributed by atoms with van der Waals surface area (Å²) in [7, 11) is 0. The zero-order chi connectivity index (χ0) is 19.1. The molecule has 11 heteroatoms. The molecule has 0 aromatic heterocycles.